The number of cyclic esters (lactones) is 1. The number of nitrogens with zero attached hydrogens (tertiary/aromatic N) is 1. The molecule has 1 aromatic heterocycles. The number of thiazole rings is 1. The van der Waals surface area contributed by atoms with Gasteiger partial charge in [0.1, 0.15) is 6.61 Å². The highest BCUT2D eigenvalue weighted by atomic mass is 32.1. The molecule has 2 rings (SSSR count). The number of carbonyl (C=O) groups excluding carboxylic acids is 1. The molecule has 5 heteroatoms. The van der Waals surface area contributed by atoms with Crippen LogP contribution in [-0.2, 0) is 4.74 Å². The summed E-state index contributed by atoms with van der Waals surface area (Å²) in [6.45, 7) is 1.19. The van der Waals surface area contributed by atoms with Crippen LogP contribution in [0.15, 0.2) is 17.1 Å². The molecule has 1 aliphatic heterocycles. The van der Waals surface area contributed by atoms with Gasteiger partial charge in [-0.2, -0.15) is 0 Å². The molecule has 60 valence electrons. The number of rotatable bonds is 0. The Kier molecular flexibility index (Phi) is 3.40. The van der Waals surface area contributed by atoms with Gasteiger partial charge in [-0.05, 0) is 0 Å². The molecule has 11 heavy (non-hydrogen) atoms. The van der Waals surface area contributed by atoms with Crippen LogP contribution in [0.3, 0.4) is 0 Å². The minimum absolute atomic E-state index is 0.296. The Morgan fingerprint density at radius 1 is 1.73 bits per heavy atom. The maximum Gasteiger partial charge on any atom is 0.407 e. The van der Waals surface area contributed by atoms with Gasteiger partial charge in [0, 0.05) is 11.6 Å². The van der Waals surface area contributed by atoms with Gasteiger partial charge in [-0.1, -0.05) is 0 Å². The van der Waals surface area contributed by atoms with Crippen molar-refractivity contribution in [2.24, 2.45) is 0 Å². The summed E-state index contributed by atoms with van der Waals surface area (Å²) in [4.78, 5) is 13.7. The average Bonchev–Trinajstić information content (AvgIpc) is 2.57. The summed E-state index contributed by atoms with van der Waals surface area (Å²) >= 11 is 1.60. The Balaban J connectivity index is 0.000000112. The SMILES string of the molecule is O=C1NCCO1.c1cscn1. The summed E-state index contributed by atoms with van der Waals surface area (Å²) in [5, 5.41) is 4.39. The highest BCUT2D eigenvalue weighted by molar-refractivity contribution is 7.07. The molecule has 1 aromatic rings. The number of alkyl carbamates (subject to hydrolysis) is 1. The Hall–Kier alpha value is -1.10. The first-order chi connectivity index (χ1) is 5.39. The summed E-state index contributed by atoms with van der Waals surface area (Å²) < 4.78 is 4.40. The van der Waals surface area contributed by atoms with E-state index in [1.54, 1.807) is 23.0 Å². The average molecular weight is 172 g/mol. The number of hydrogen-bond donors (Lipinski definition) is 1. The highest BCUT2D eigenvalue weighted by Crippen LogP contribution is 1.85. The molecule has 0 bridgehead atoms. The monoisotopic (exact) mass is 172 g/mol. The van der Waals surface area contributed by atoms with E-state index in [-0.39, 0.29) is 6.09 Å². The van der Waals surface area contributed by atoms with E-state index in [1.807, 2.05) is 5.38 Å². The van der Waals surface area contributed by atoms with E-state index in [1.165, 1.54) is 0 Å². The molecule has 1 saturated heterocycles. The summed E-state index contributed by atoms with van der Waals surface area (Å²) in [5.41, 5.74) is 1.79. The summed E-state index contributed by atoms with van der Waals surface area (Å²) in [5.74, 6) is 0. The molecule has 0 unspecified atom stereocenters. The van der Waals surface area contributed by atoms with Crippen molar-refractivity contribution >= 4 is 17.4 Å². The minimum atomic E-state index is -0.296. The lowest BCUT2D eigenvalue weighted by molar-refractivity contribution is 0.178. The Labute approximate surface area is 68.2 Å². The maximum atomic E-state index is 9.91. The van der Waals surface area contributed by atoms with Crippen molar-refractivity contribution in [1.82, 2.24) is 10.3 Å². The fourth-order valence-corrected chi connectivity index (χ4v) is 0.875. The normalized spacial score (nSPS) is 14.4. The van der Waals surface area contributed by atoms with Gasteiger partial charge in [0.15, 0.2) is 0 Å². The van der Waals surface area contributed by atoms with Gasteiger partial charge in [-0.25, -0.2) is 4.79 Å². The van der Waals surface area contributed by atoms with Gasteiger partial charge in [-0.15, -0.1) is 11.3 Å². The van der Waals surface area contributed by atoms with Crippen LogP contribution in [0.4, 0.5) is 4.79 Å². The van der Waals surface area contributed by atoms with Crippen molar-refractivity contribution in [2.75, 3.05) is 13.2 Å². The van der Waals surface area contributed by atoms with Crippen LogP contribution in [0.1, 0.15) is 0 Å². The zero-order valence-electron chi connectivity index (χ0n) is 5.82. The maximum absolute atomic E-state index is 9.91. The van der Waals surface area contributed by atoms with Crippen LogP contribution in [0.5, 0.6) is 0 Å². The Morgan fingerprint density at radius 2 is 2.64 bits per heavy atom. The van der Waals surface area contributed by atoms with E-state index in [0.29, 0.717) is 13.2 Å². The number of hydrogen-bond acceptors (Lipinski definition) is 4. The van der Waals surface area contributed by atoms with Crippen LogP contribution < -0.4 is 5.32 Å². The van der Waals surface area contributed by atoms with Gasteiger partial charge in [0.05, 0.1) is 12.1 Å². The van der Waals surface area contributed by atoms with Crippen molar-refractivity contribution in [3.8, 4) is 0 Å². The fraction of sp³-hybridized carbons (Fsp3) is 0.333. The van der Waals surface area contributed by atoms with Gasteiger partial charge in [0.25, 0.3) is 0 Å². The number of aromatic nitrogens is 1. The third kappa shape index (κ3) is 3.57. The lowest BCUT2D eigenvalue weighted by Crippen LogP contribution is -2.11. The summed E-state index contributed by atoms with van der Waals surface area (Å²) in [6, 6.07) is 0. The van der Waals surface area contributed by atoms with E-state index in [0.717, 1.165) is 0 Å². The number of amides is 1. The molecule has 0 atom stereocenters. The van der Waals surface area contributed by atoms with Crippen molar-refractivity contribution in [1.29, 1.82) is 0 Å². The molecule has 0 saturated carbocycles. The van der Waals surface area contributed by atoms with Crippen LogP contribution in [0.25, 0.3) is 0 Å². The van der Waals surface area contributed by atoms with Crippen LogP contribution in [0.2, 0.25) is 0 Å². The lowest BCUT2D eigenvalue weighted by atomic mass is 10.7. The quantitative estimate of drug-likeness (QED) is 0.631. The predicted molar refractivity (Wildman–Crippen MR) is 41.5 cm³/mol. The molecule has 0 spiro atoms. The second-order valence-corrected chi connectivity index (χ2v) is 2.49. The van der Waals surface area contributed by atoms with E-state index in [2.05, 4.69) is 15.0 Å². The second kappa shape index (κ2) is 4.68. The van der Waals surface area contributed by atoms with Gasteiger partial charge < -0.3 is 10.1 Å². The van der Waals surface area contributed by atoms with Crippen LogP contribution in [0, 0.1) is 0 Å². The number of ether oxygens (including phenoxy) is 1. The van der Waals surface area contributed by atoms with Crippen LogP contribution in [-0.4, -0.2) is 24.2 Å². The Morgan fingerprint density at radius 3 is 2.82 bits per heavy atom. The Bertz CT molecular complexity index is 175. The van der Waals surface area contributed by atoms with Crippen molar-refractivity contribution in [3.63, 3.8) is 0 Å². The molecule has 0 aromatic carbocycles. The zero-order chi connectivity index (χ0) is 7.94. The number of carbonyl (C=O) groups is 1. The van der Waals surface area contributed by atoms with E-state index in [4.69, 9.17) is 0 Å². The molecule has 0 radical (unpaired) electrons. The standard InChI is InChI=1S/C3H5NO2.C3H3NS/c5-3-4-1-2-6-3;1-2-5-3-4-1/h1-2H2,(H,4,5);1-3H. The van der Waals surface area contributed by atoms with Crippen molar-refractivity contribution in [2.45, 2.75) is 0 Å². The molecule has 1 N–H and O–H groups in total. The molecular weight excluding hydrogens is 164 g/mol. The third-order valence-corrected chi connectivity index (χ3v) is 1.47. The first-order valence-electron chi connectivity index (χ1n) is 3.12. The van der Waals surface area contributed by atoms with Crippen molar-refractivity contribution < 1.29 is 9.53 Å². The number of nitrogens with one attached hydrogen (secondary N) is 1. The summed E-state index contributed by atoms with van der Waals surface area (Å²) in [6.07, 6.45) is 1.47. The lowest BCUT2D eigenvalue weighted by Gasteiger charge is -1.80. The molecule has 4 nitrogen and oxygen atoms in total. The third-order valence-electron chi connectivity index (χ3n) is 0.952. The van der Waals surface area contributed by atoms with Gasteiger partial charge in [-0.3, -0.25) is 4.98 Å². The smallest absolute Gasteiger partial charge is 0.407 e. The molecule has 1 amide bonds. The minimum Gasteiger partial charge on any atom is -0.448 e. The van der Waals surface area contributed by atoms with E-state index < -0.39 is 0 Å². The van der Waals surface area contributed by atoms with Gasteiger partial charge >= 0.3 is 6.09 Å². The highest BCUT2D eigenvalue weighted by Gasteiger charge is 2.06. The van der Waals surface area contributed by atoms with E-state index >= 15 is 0 Å². The fourth-order valence-electron chi connectivity index (χ4n) is 0.524. The molecule has 1 fully saturated rings. The predicted octanol–water partition coefficient (Wildman–Crippen LogP) is 0.869. The zero-order valence-corrected chi connectivity index (χ0v) is 6.63. The second-order valence-electron chi connectivity index (χ2n) is 1.74. The molecule has 1 aliphatic rings. The topological polar surface area (TPSA) is 51.2 Å². The van der Waals surface area contributed by atoms with Gasteiger partial charge in [0.2, 0.25) is 0 Å². The molecule has 2 heterocycles. The van der Waals surface area contributed by atoms with E-state index in [9.17, 15) is 4.79 Å². The molecular formula is C6H8N2O2S. The van der Waals surface area contributed by atoms with Crippen molar-refractivity contribution in [3.05, 3.63) is 17.1 Å². The van der Waals surface area contributed by atoms with Crippen LogP contribution >= 0.6 is 11.3 Å². The summed E-state index contributed by atoms with van der Waals surface area (Å²) in [7, 11) is 0. The largest absolute Gasteiger partial charge is 0.448 e. The molecule has 0 aliphatic carbocycles. The first kappa shape index (κ1) is 8.00. The first-order valence-corrected chi connectivity index (χ1v) is 4.06.